The standard InChI is InChI=1S/C50H48N4.C3H6.3C2H6/c1-6-30-53(47-24-12-10-20-43(47)34(2)3)41-28-26-37(27-29-41)44-22-15-23-45(51-44)38-31-39(49-35(4)16-14-17-36(49)5)33-40(32-38)50-52-46-21-11-13-25-48(46)54(50)42-18-8-7-9-19-42;1-3-2;3*1-2/h7-10,12-20,22-29,31-33,45,51H,2,6,11,21,30H2,1,3-5H3;3H,1H2,2H3;3*1-2H3. The molecule has 2 aliphatic rings. The number of allylic oxidation sites excluding steroid dienone is 5. The monoisotopic (exact) mass is 837 g/mol. The molecule has 63 heavy (non-hydrogen) atoms. The number of anilines is 2. The van der Waals surface area contributed by atoms with Crippen LogP contribution in [0.25, 0.3) is 45.5 Å². The number of rotatable bonds is 10. The van der Waals surface area contributed by atoms with E-state index in [-0.39, 0.29) is 6.04 Å². The lowest BCUT2D eigenvalue weighted by Crippen LogP contribution is -2.21. The Labute approximate surface area is 381 Å². The molecule has 5 aromatic carbocycles. The summed E-state index contributed by atoms with van der Waals surface area (Å²) in [5.41, 5.74) is 17.7. The average molecular weight is 837 g/mol. The van der Waals surface area contributed by atoms with Crippen molar-refractivity contribution < 1.29 is 0 Å². The predicted molar refractivity (Wildman–Crippen MR) is 279 cm³/mol. The van der Waals surface area contributed by atoms with Crippen LogP contribution >= 0.6 is 0 Å². The van der Waals surface area contributed by atoms with Gasteiger partial charge in [-0.05, 0) is 147 Å². The van der Waals surface area contributed by atoms with Crippen LogP contribution in [0.5, 0.6) is 0 Å². The van der Waals surface area contributed by atoms with Gasteiger partial charge in [0.1, 0.15) is 5.82 Å². The maximum atomic E-state index is 5.35. The maximum absolute atomic E-state index is 5.35. The molecule has 4 nitrogen and oxygen atoms in total. The number of fused-ring (bicyclic) bond motifs is 1. The molecule has 4 heteroatoms. The minimum absolute atomic E-state index is 0.0265. The lowest BCUT2D eigenvalue weighted by molar-refractivity contribution is 0.764. The van der Waals surface area contributed by atoms with E-state index in [9.17, 15) is 0 Å². The molecule has 8 rings (SSSR count). The third-order valence-electron chi connectivity index (χ3n) is 10.6. The summed E-state index contributed by atoms with van der Waals surface area (Å²) in [6, 6.07) is 41.8. The van der Waals surface area contributed by atoms with Crippen molar-refractivity contribution in [2.75, 3.05) is 11.4 Å². The minimum atomic E-state index is -0.0265. The van der Waals surface area contributed by atoms with Gasteiger partial charge < -0.3 is 10.2 Å². The Hall–Kier alpha value is -6.39. The van der Waals surface area contributed by atoms with Crippen molar-refractivity contribution >= 4 is 28.7 Å². The molecule has 0 spiro atoms. The van der Waals surface area contributed by atoms with Crippen molar-refractivity contribution in [3.05, 3.63) is 198 Å². The van der Waals surface area contributed by atoms with Crippen LogP contribution in [0.1, 0.15) is 120 Å². The topological polar surface area (TPSA) is 33.1 Å². The van der Waals surface area contributed by atoms with Gasteiger partial charge in [-0.1, -0.05) is 146 Å². The Kier molecular flexibility index (Phi) is 19.5. The Morgan fingerprint density at radius 2 is 1.44 bits per heavy atom. The predicted octanol–water partition coefficient (Wildman–Crippen LogP) is 16.9. The molecule has 1 atom stereocenters. The van der Waals surface area contributed by atoms with Crippen LogP contribution in [0.3, 0.4) is 0 Å². The van der Waals surface area contributed by atoms with Gasteiger partial charge in [0, 0.05) is 40.4 Å². The summed E-state index contributed by atoms with van der Waals surface area (Å²) in [7, 11) is 0. The molecular formula is C59H72N4. The number of imidazole rings is 1. The van der Waals surface area contributed by atoms with Gasteiger partial charge in [-0.15, -0.1) is 6.58 Å². The zero-order valence-electron chi connectivity index (χ0n) is 40.1. The summed E-state index contributed by atoms with van der Waals surface area (Å²) in [5, 5.41) is 3.91. The molecule has 1 aliphatic carbocycles. The normalized spacial score (nSPS) is 13.1. The van der Waals surface area contributed by atoms with Crippen LogP contribution in [-0.2, 0) is 6.42 Å². The van der Waals surface area contributed by atoms with Crippen LogP contribution < -0.4 is 10.2 Å². The van der Waals surface area contributed by atoms with Gasteiger partial charge in [0.2, 0.25) is 0 Å². The van der Waals surface area contributed by atoms with Crippen molar-refractivity contribution in [3.63, 3.8) is 0 Å². The van der Waals surface area contributed by atoms with Gasteiger partial charge in [-0.25, -0.2) is 4.98 Å². The summed E-state index contributed by atoms with van der Waals surface area (Å²) in [4.78, 5) is 7.76. The van der Waals surface area contributed by atoms with Crippen molar-refractivity contribution in [1.82, 2.24) is 14.9 Å². The minimum Gasteiger partial charge on any atom is -0.374 e. The van der Waals surface area contributed by atoms with Crippen LogP contribution in [0.4, 0.5) is 11.4 Å². The number of dihydropyridines is 1. The van der Waals surface area contributed by atoms with E-state index in [1.165, 1.54) is 50.4 Å². The van der Waals surface area contributed by atoms with Crippen molar-refractivity contribution in [3.8, 4) is 28.2 Å². The Morgan fingerprint density at radius 3 is 2.10 bits per heavy atom. The molecule has 0 bridgehead atoms. The second kappa shape index (κ2) is 24.9. The summed E-state index contributed by atoms with van der Waals surface area (Å²) < 4.78 is 2.34. The van der Waals surface area contributed by atoms with Crippen LogP contribution in [0.15, 0.2) is 159 Å². The van der Waals surface area contributed by atoms with Gasteiger partial charge in [-0.2, -0.15) is 0 Å². The zero-order chi connectivity index (χ0) is 45.9. The van der Waals surface area contributed by atoms with E-state index in [2.05, 4.69) is 201 Å². The number of para-hydroxylation sites is 2. The van der Waals surface area contributed by atoms with E-state index < -0.39 is 0 Å². The Balaban J connectivity index is 0.000000906. The lowest BCUT2D eigenvalue weighted by atomic mass is 9.90. The van der Waals surface area contributed by atoms with Gasteiger partial charge in [0.05, 0.1) is 17.4 Å². The molecule has 2 heterocycles. The fourth-order valence-corrected chi connectivity index (χ4v) is 8.06. The number of nitrogens with zero attached hydrogens (tertiary/aromatic N) is 3. The van der Waals surface area contributed by atoms with Gasteiger partial charge >= 0.3 is 0 Å². The third-order valence-corrected chi connectivity index (χ3v) is 10.6. The highest BCUT2D eigenvalue weighted by Crippen LogP contribution is 2.38. The number of aryl methyl sites for hydroxylation is 3. The smallest absolute Gasteiger partial charge is 0.145 e. The Bertz CT molecular complexity index is 2460. The van der Waals surface area contributed by atoms with E-state index in [0.29, 0.717) is 0 Å². The summed E-state index contributed by atoms with van der Waals surface area (Å²) >= 11 is 0. The summed E-state index contributed by atoms with van der Waals surface area (Å²) in [5.74, 6) is 0.975. The average Bonchev–Trinajstić information content (AvgIpc) is 3.73. The Morgan fingerprint density at radius 1 is 0.810 bits per heavy atom. The molecule has 1 N–H and O–H groups in total. The second-order valence-corrected chi connectivity index (χ2v) is 15.0. The largest absolute Gasteiger partial charge is 0.374 e. The number of hydrogen-bond donors (Lipinski definition) is 1. The first-order valence-electron chi connectivity index (χ1n) is 23.2. The highest BCUT2D eigenvalue weighted by atomic mass is 15.1. The third kappa shape index (κ3) is 11.8. The van der Waals surface area contributed by atoms with Crippen LogP contribution in [0, 0.1) is 13.8 Å². The molecular weight excluding hydrogens is 765 g/mol. The van der Waals surface area contributed by atoms with Crippen LogP contribution in [0.2, 0.25) is 0 Å². The molecule has 0 amide bonds. The quantitative estimate of drug-likeness (QED) is 0.140. The molecule has 1 unspecified atom stereocenters. The highest BCUT2D eigenvalue weighted by molar-refractivity contribution is 5.81. The first-order chi connectivity index (χ1) is 30.8. The molecule has 0 radical (unpaired) electrons. The lowest BCUT2D eigenvalue weighted by Gasteiger charge is -2.28. The molecule has 0 saturated heterocycles. The number of hydrogen-bond acceptors (Lipinski definition) is 3. The fourth-order valence-electron chi connectivity index (χ4n) is 8.06. The zero-order valence-corrected chi connectivity index (χ0v) is 40.1. The van der Waals surface area contributed by atoms with E-state index >= 15 is 0 Å². The van der Waals surface area contributed by atoms with Crippen LogP contribution in [-0.4, -0.2) is 16.1 Å². The van der Waals surface area contributed by atoms with E-state index in [1.807, 2.05) is 48.5 Å². The first kappa shape index (κ1) is 49.3. The summed E-state index contributed by atoms with van der Waals surface area (Å²) in [6.45, 7) is 31.2. The maximum Gasteiger partial charge on any atom is 0.145 e. The van der Waals surface area contributed by atoms with Crippen molar-refractivity contribution in [1.29, 1.82) is 0 Å². The molecule has 0 saturated carbocycles. The first-order valence-corrected chi connectivity index (χ1v) is 23.2. The fraction of sp³-hybridized carbons (Fsp3) is 0.271. The SMILES string of the molecule is C=C(C)c1ccccc1N(CCC)c1ccc(C2=CC=CC(c3cc(-c4c(C)cccc4C)cc(-c4nc5c(n4-c4ccccc4)C=CCC5)c3)N2)cc1.C=CC.CC.CC.CC. The highest BCUT2D eigenvalue weighted by Gasteiger charge is 2.23. The number of aromatic nitrogens is 2. The van der Waals surface area contributed by atoms with Crippen molar-refractivity contribution in [2.45, 2.75) is 101 Å². The molecule has 0 fully saturated rings. The number of nitrogens with one attached hydrogen (secondary N) is 1. The molecule has 1 aromatic heterocycles. The van der Waals surface area contributed by atoms with Gasteiger partial charge in [-0.3, -0.25) is 4.57 Å². The second-order valence-electron chi connectivity index (χ2n) is 15.0. The van der Waals surface area contributed by atoms with Gasteiger partial charge in [0.25, 0.3) is 0 Å². The van der Waals surface area contributed by atoms with Gasteiger partial charge in [0.15, 0.2) is 0 Å². The molecule has 1 aliphatic heterocycles. The molecule has 6 aromatic rings. The number of benzene rings is 5. The van der Waals surface area contributed by atoms with E-state index in [1.54, 1.807) is 6.08 Å². The van der Waals surface area contributed by atoms with E-state index in [4.69, 9.17) is 4.98 Å². The van der Waals surface area contributed by atoms with E-state index in [0.717, 1.165) is 65.4 Å². The molecule has 328 valence electrons. The summed E-state index contributed by atoms with van der Waals surface area (Å²) in [6.07, 6.45) is 15.9. The van der Waals surface area contributed by atoms with Crippen molar-refractivity contribution in [2.24, 2.45) is 0 Å².